The van der Waals surface area contributed by atoms with Crippen LogP contribution >= 0.6 is 0 Å². The molecule has 1 atom stereocenters. The number of amides is 1. The van der Waals surface area contributed by atoms with Crippen LogP contribution in [0.1, 0.15) is 32.0 Å². The molecule has 0 aliphatic heterocycles. The van der Waals surface area contributed by atoms with E-state index in [4.69, 9.17) is 9.47 Å². The summed E-state index contributed by atoms with van der Waals surface area (Å²) in [5.74, 6) is -1.42. The number of carbonyl (C=O) groups excluding carboxylic acids is 3. The number of carbonyl (C=O) groups is 3. The van der Waals surface area contributed by atoms with Crippen LogP contribution in [0.15, 0.2) is 42.9 Å². The number of nitrogens with zero attached hydrogens (tertiary/aromatic N) is 2. The zero-order valence-electron chi connectivity index (χ0n) is 18.4. The highest BCUT2D eigenvalue weighted by molar-refractivity contribution is 5.86. The molecule has 1 amide bonds. The number of hydrogen-bond acceptors (Lipinski definition) is 7. The molecule has 0 saturated carbocycles. The molecule has 0 aliphatic rings. The SMILES string of the molecule is COC(=O)CN(CC(=O)N[C@@H](Cc1c[nH]cn1)C(=O)OC(C)(C)C)Cc1ccccc1. The summed E-state index contributed by atoms with van der Waals surface area (Å²) in [5.41, 5.74) is 0.863. The Hall–Kier alpha value is -3.20. The molecule has 168 valence electrons. The topological polar surface area (TPSA) is 114 Å². The van der Waals surface area contributed by atoms with E-state index in [0.717, 1.165) is 5.56 Å². The van der Waals surface area contributed by atoms with Gasteiger partial charge in [0.15, 0.2) is 0 Å². The van der Waals surface area contributed by atoms with Gasteiger partial charge in [-0.25, -0.2) is 9.78 Å². The van der Waals surface area contributed by atoms with E-state index in [2.05, 4.69) is 15.3 Å². The first-order valence-electron chi connectivity index (χ1n) is 9.99. The van der Waals surface area contributed by atoms with Gasteiger partial charge in [-0.2, -0.15) is 0 Å². The van der Waals surface area contributed by atoms with Crippen molar-refractivity contribution in [2.24, 2.45) is 0 Å². The Kier molecular flexibility index (Phi) is 8.75. The first kappa shape index (κ1) is 24.1. The third-order valence-electron chi connectivity index (χ3n) is 4.19. The number of H-pyrrole nitrogens is 1. The number of benzene rings is 1. The van der Waals surface area contributed by atoms with Gasteiger partial charge >= 0.3 is 11.9 Å². The Balaban J connectivity index is 2.08. The Morgan fingerprint density at radius 1 is 1.16 bits per heavy atom. The van der Waals surface area contributed by atoms with Crippen LogP contribution in [0.5, 0.6) is 0 Å². The fourth-order valence-corrected chi connectivity index (χ4v) is 2.88. The maximum atomic E-state index is 12.8. The lowest BCUT2D eigenvalue weighted by molar-refractivity contribution is -0.158. The van der Waals surface area contributed by atoms with Crippen molar-refractivity contribution >= 4 is 17.8 Å². The molecule has 0 saturated heterocycles. The van der Waals surface area contributed by atoms with Crippen molar-refractivity contribution in [1.82, 2.24) is 20.2 Å². The van der Waals surface area contributed by atoms with E-state index >= 15 is 0 Å². The zero-order chi connectivity index (χ0) is 22.9. The van der Waals surface area contributed by atoms with Crippen molar-refractivity contribution in [3.05, 3.63) is 54.1 Å². The molecule has 9 nitrogen and oxygen atoms in total. The van der Waals surface area contributed by atoms with Crippen molar-refractivity contribution in [2.45, 2.75) is 45.4 Å². The molecular weight excluding hydrogens is 400 g/mol. The molecule has 31 heavy (non-hydrogen) atoms. The number of hydrogen-bond donors (Lipinski definition) is 2. The summed E-state index contributed by atoms with van der Waals surface area (Å²) in [6.45, 7) is 5.50. The van der Waals surface area contributed by atoms with E-state index < -0.39 is 29.5 Å². The molecule has 2 aromatic rings. The predicted molar refractivity (Wildman–Crippen MR) is 114 cm³/mol. The minimum absolute atomic E-state index is 0.0602. The third kappa shape index (κ3) is 9.00. The normalized spacial score (nSPS) is 12.3. The Morgan fingerprint density at radius 3 is 2.45 bits per heavy atom. The number of aromatic amines is 1. The summed E-state index contributed by atoms with van der Waals surface area (Å²) in [5, 5.41) is 2.72. The maximum absolute atomic E-state index is 12.8. The summed E-state index contributed by atoms with van der Waals surface area (Å²) < 4.78 is 10.2. The van der Waals surface area contributed by atoms with E-state index in [-0.39, 0.29) is 19.5 Å². The van der Waals surface area contributed by atoms with E-state index in [1.54, 1.807) is 31.9 Å². The zero-order valence-corrected chi connectivity index (χ0v) is 18.4. The molecule has 1 heterocycles. The van der Waals surface area contributed by atoms with E-state index in [1.165, 1.54) is 13.4 Å². The van der Waals surface area contributed by atoms with Crippen molar-refractivity contribution in [3.63, 3.8) is 0 Å². The fourth-order valence-electron chi connectivity index (χ4n) is 2.88. The largest absolute Gasteiger partial charge is 0.468 e. The Morgan fingerprint density at radius 2 is 1.87 bits per heavy atom. The molecule has 0 unspecified atom stereocenters. The molecule has 9 heteroatoms. The number of rotatable bonds is 10. The average molecular weight is 431 g/mol. The van der Waals surface area contributed by atoms with E-state index in [1.807, 2.05) is 30.3 Å². The minimum Gasteiger partial charge on any atom is -0.468 e. The van der Waals surface area contributed by atoms with Gasteiger partial charge in [-0.3, -0.25) is 14.5 Å². The molecular formula is C22H30N4O5. The highest BCUT2D eigenvalue weighted by atomic mass is 16.6. The lowest BCUT2D eigenvalue weighted by Crippen LogP contribution is -2.49. The first-order valence-corrected chi connectivity index (χ1v) is 9.99. The lowest BCUT2D eigenvalue weighted by atomic mass is 10.1. The summed E-state index contributed by atoms with van der Waals surface area (Å²) in [7, 11) is 1.30. The van der Waals surface area contributed by atoms with Crippen molar-refractivity contribution in [3.8, 4) is 0 Å². The van der Waals surface area contributed by atoms with Gasteiger partial charge in [0.2, 0.25) is 5.91 Å². The van der Waals surface area contributed by atoms with Gasteiger partial charge in [-0.15, -0.1) is 0 Å². The molecule has 2 rings (SSSR count). The molecule has 0 aliphatic carbocycles. The second-order valence-corrected chi connectivity index (χ2v) is 8.13. The maximum Gasteiger partial charge on any atom is 0.329 e. The van der Waals surface area contributed by atoms with Gasteiger partial charge in [0.25, 0.3) is 0 Å². The summed E-state index contributed by atoms with van der Waals surface area (Å²) in [6.07, 6.45) is 3.34. The summed E-state index contributed by atoms with van der Waals surface area (Å²) in [4.78, 5) is 45.9. The quantitative estimate of drug-likeness (QED) is 0.549. The second-order valence-electron chi connectivity index (χ2n) is 8.13. The van der Waals surface area contributed by atoms with Crippen LogP contribution in [-0.4, -0.2) is 64.6 Å². The van der Waals surface area contributed by atoms with Gasteiger partial charge in [0.1, 0.15) is 11.6 Å². The van der Waals surface area contributed by atoms with Crippen molar-refractivity contribution < 1.29 is 23.9 Å². The van der Waals surface area contributed by atoms with Gasteiger partial charge in [-0.1, -0.05) is 30.3 Å². The monoisotopic (exact) mass is 430 g/mol. The number of ether oxygens (including phenoxy) is 2. The van der Waals surface area contributed by atoms with E-state index in [9.17, 15) is 14.4 Å². The highest BCUT2D eigenvalue weighted by Gasteiger charge is 2.28. The minimum atomic E-state index is -0.910. The van der Waals surface area contributed by atoms with Gasteiger partial charge < -0.3 is 19.8 Å². The smallest absolute Gasteiger partial charge is 0.329 e. The molecule has 1 aromatic carbocycles. The standard InChI is InChI=1S/C22H30N4O5/c1-22(2,3)31-21(29)18(10-17-11-23-15-24-17)25-19(27)13-26(14-20(28)30-4)12-16-8-6-5-7-9-16/h5-9,11,15,18H,10,12-14H2,1-4H3,(H,23,24)(H,25,27)/t18-/m0/s1. The third-order valence-corrected chi connectivity index (χ3v) is 4.19. The van der Waals surface area contributed by atoms with Crippen LogP contribution in [0.2, 0.25) is 0 Å². The van der Waals surface area contributed by atoms with Gasteiger partial charge in [0, 0.05) is 19.2 Å². The highest BCUT2D eigenvalue weighted by Crippen LogP contribution is 2.11. The van der Waals surface area contributed by atoms with Crippen LogP contribution < -0.4 is 5.32 Å². The first-order chi connectivity index (χ1) is 14.7. The van der Waals surface area contributed by atoms with E-state index in [0.29, 0.717) is 12.2 Å². The Bertz CT molecular complexity index is 847. The number of aromatic nitrogens is 2. The average Bonchev–Trinajstić information content (AvgIpc) is 3.20. The van der Waals surface area contributed by atoms with Crippen LogP contribution in [0.25, 0.3) is 0 Å². The Labute approximate surface area is 182 Å². The molecule has 0 bridgehead atoms. The van der Waals surface area contributed by atoms with Crippen molar-refractivity contribution in [2.75, 3.05) is 20.2 Å². The number of methoxy groups -OCH3 is 1. The predicted octanol–water partition coefficient (Wildman–Crippen LogP) is 1.45. The van der Waals surface area contributed by atoms with Crippen LogP contribution in [-0.2, 0) is 36.8 Å². The number of nitrogens with one attached hydrogen (secondary N) is 2. The van der Waals surface area contributed by atoms with Crippen molar-refractivity contribution in [1.29, 1.82) is 0 Å². The molecule has 2 N–H and O–H groups in total. The second kappa shape index (κ2) is 11.3. The summed E-state index contributed by atoms with van der Waals surface area (Å²) >= 11 is 0. The van der Waals surface area contributed by atoms with Gasteiger partial charge in [-0.05, 0) is 26.3 Å². The molecule has 0 radical (unpaired) electrons. The fraction of sp³-hybridized carbons (Fsp3) is 0.455. The number of imidazole rings is 1. The lowest BCUT2D eigenvalue weighted by Gasteiger charge is -2.26. The molecule has 0 fully saturated rings. The number of esters is 2. The van der Waals surface area contributed by atoms with Crippen LogP contribution in [0, 0.1) is 0 Å². The summed E-state index contributed by atoms with van der Waals surface area (Å²) in [6, 6.07) is 8.56. The van der Waals surface area contributed by atoms with Gasteiger partial charge in [0.05, 0.1) is 32.2 Å². The van der Waals surface area contributed by atoms with Crippen LogP contribution in [0.3, 0.4) is 0 Å². The molecule has 0 spiro atoms. The molecule has 1 aromatic heterocycles. The van der Waals surface area contributed by atoms with Crippen LogP contribution in [0.4, 0.5) is 0 Å².